The van der Waals surface area contributed by atoms with Gasteiger partial charge in [0.1, 0.15) is 0 Å². The number of aliphatic carboxylic acids is 2. The first kappa shape index (κ1) is 12.0. The van der Waals surface area contributed by atoms with E-state index in [0.717, 1.165) is 12.8 Å². The molecule has 0 heterocycles. The quantitative estimate of drug-likeness (QED) is 0.627. The van der Waals surface area contributed by atoms with Crippen molar-refractivity contribution < 1.29 is 19.8 Å². The Kier molecular flexibility index (Phi) is 3.72. The van der Waals surface area contributed by atoms with Gasteiger partial charge in [0, 0.05) is 11.9 Å². The van der Waals surface area contributed by atoms with Crippen molar-refractivity contribution in [2.75, 3.05) is 0 Å². The summed E-state index contributed by atoms with van der Waals surface area (Å²) in [6.45, 7) is 2.10. The molecule has 0 aromatic rings. The van der Waals surface area contributed by atoms with Gasteiger partial charge in [-0.1, -0.05) is 19.8 Å². The Morgan fingerprint density at radius 2 is 1.53 bits per heavy atom. The number of hydrogen-bond acceptors (Lipinski definition) is 4. The zero-order chi connectivity index (χ0) is 11.5. The van der Waals surface area contributed by atoms with Gasteiger partial charge in [0.2, 0.25) is 0 Å². The zero-order valence-corrected chi connectivity index (χ0v) is 8.95. The van der Waals surface area contributed by atoms with E-state index in [0.29, 0.717) is 18.8 Å². The van der Waals surface area contributed by atoms with E-state index >= 15 is 0 Å². The molecule has 0 aromatic carbocycles. The average molecular weight is 212 g/mol. The van der Waals surface area contributed by atoms with Gasteiger partial charge in [0.25, 0.3) is 0 Å². The molecule has 0 N–H and O–H groups in total. The third-order valence-corrected chi connectivity index (χ3v) is 3.37. The van der Waals surface area contributed by atoms with E-state index in [1.165, 1.54) is 0 Å². The lowest BCUT2D eigenvalue weighted by Gasteiger charge is -2.40. The summed E-state index contributed by atoms with van der Waals surface area (Å²) < 4.78 is 0. The molecular weight excluding hydrogens is 196 g/mol. The van der Waals surface area contributed by atoms with Gasteiger partial charge in [-0.05, 0) is 37.0 Å². The lowest BCUT2D eigenvalue weighted by molar-refractivity contribution is -0.313. The molecule has 0 aromatic heterocycles. The lowest BCUT2D eigenvalue weighted by atomic mass is 9.67. The average Bonchev–Trinajstić information content (AvgIpc) is 2.08. The van der Waals surface area contributed by atoms with E-state index in [2.05, 4.69) is 6.92 Å². The monoisotopic (exact) mass is 212 g/mol. The lowest BCUT2D eigenvalue weighted by Crippen LogP contribution is -2.39. The summed E-state index contributed by atoms with van der Waals surface area (Å²) in [7, 11) is 0. The zero-order valence-electron chi connectivity index (χ0n) is 8.95. The van der Waals surface area contributed by atoms with E-state index in [1.807, 2.05) is 0 Å². The first-order valence-corrected chi connectivity index (χ1v) is 5.33. The van der Waals surface area contributed by atoms with Gasteiger partial charge in [0.15, 0.2) is 0 Å². The van der Waals surface area contributed by atoms with Crippen LogP contribution in [0.5, 0.6) is 0 Å². The van der Waals surface area contributed by atoms with Crippen LogP contribution in [0.3, 0.4) is 0 Å². The van der Waals surface area contributed by atoms with Crippen LogP contribution in [-0.2, 0) is 9.59 Å². The Bertz CT molecular complexity index is 233. The van der Waals surface area contributed by atoms with E-state index in [-0.39, 0.29) is 12.8 Å². The Balaban J connectivity index is 2.68. The third kappa shape index (κ3) is 3.53. The van der Waals surface area contributed by atoms with Crippen molar-refractivity contribution in [3.8, 4) is 0 Å². The molecule has 1 saturated carbocycles. The molecule has 1 rings (SSSR count). The predicted octanol–water partition coefficient (Wildman–Crippen LogP) is -0.537. The molecule has 15 heavy (non-hydrogen) atoms. The number of carboxylic acid groups (broad SMARTS) is 2. The topological polar surface area (TPSA) is 80.3 Å². The first-order chi connectivity index (χ1) is 6.93. The molecule has 0 saturated heterocycles. The van der Waals surface area contributed by atoms with E-state index in [9.17, 15) is 19.8 Å². The molecule has 0 radical (unpaired) electrons. The summed E-state index contributed by atoms with van der Waals surface area (Å²) in [5.74, 6) is -1.77. The minimum Gasteiger partial charge on any atom is -0.550 e. The van der Waals surface area contributed by atoms with Crippen LogP contribution in [-0.4, -0.2) is 11.9 Å². The summed E-state index contributed by atoms with van der Waals surface area (Å²) >= 11 is 0. The summed E-state index contributed by atoms with van der Waals surface area (Å²) in [5, 5.41) is 21.2. The van der Waals surface area contributed by atoms with Gasteiger partial charge in [-0.15, -0.1) is 0 Å². The number of carbonyl (C=O) groups excluding carboxylic acids is 2. The van der Waals surface area contributed by atoms with Gasteiger partial charge in [-0.25, -0.2) is 0 Å². The van der Waals surface area contributed by atoms with Gasteiger partial charge < -0.3 is 19.8 Å². The highest BCUT2D eigenvalue weighted by Crippen LogP contribution is 2.43. The van der Waals surface area contributed by atoms with Gasteiger partial charge in [-0.2, -0.15) is 0 Å². The van der Waals surface area contributed by atoms with Crippen LogP contribution in [0, 0.1) is 11.3 Å². The Morgan fingerprint density at radius 1 is 1.13 bits per heavy atom. The minimum atomic E-state index is -1.16. The summed E-state index contributed by atoms with van der Waals surface area (Å²) in [4.78, 5) is 21.2. The fourth-order valence-corrected chi connectivity index (χ4v) is 2.40. The number of hydrogen-bond donors (Lipinski definition) is 0. The first-order valence-electron chi connectivity index (χ1n) is 5.33. The molecule has 0 unspecified atom stereocenters. The summed E-state index contributed by atoms with van der Waals surface area (Å²) in [6, 6.07) is 0. The fraction of sp³-hybridized carbons (Fsp3) is 0.818. The van der Waals surface area contributed by atoms with Gasteiger partial charge in [0.05, 0.1) is 0 Å². The Labute approximate surface area is 89.3 Å². The van der Waals surface area contributed by atoms with Crippen LogP contribution in [0.15, 0.2) is 0 Å². The van der Waals surface area contributed by atoms with Crippen molar-refractivity contribution in [1.29, 1.82) is 0 Å². The summed E-state index contributed by atoms with van der Waals surface area (Å²) in [6.07, 6.45) is 2.76. The maximum Gasteiger partial charge on any atom is 0.0419 e. The van der Waals surface area contributed by atoms with Crippen molar-refractivity contribution in [2.45, 2.75) is 45.4 Å². The van der Waals surface area contributed by atoms with Crippen LogP contribution in [0.25, 0.3) is 0 Å². The highest BCUT2D eigenvalue weighted by Gasteiger charge is 2.34. The number of rotatable bonds is 4. The molecule has 1 aliphatic carbocycles. The molecule has 0 spiro atoms. The van der Waals surface area contributed by atoms with E-state index in [4.69, 9.17) is 0 Å². The van der Waals surface area contributed by atoms with Crippen LogP contribution < -0.4 is 10.2 Å². The molecule has 1 aliphatic rings. The van der Waals surface area contributed by atoms with Crippen molar-refractivity contribution in [3.05, 3.63) is 0 Å². The molecule has 0 amide bonds. The second-order valence-electron chi connectivity index (χ2n) is 4.78. The third-order valence-electron chi connectivity index (χ3n) is 3.37. The van der Waals surface area contributed by atoms with Crippen molar-refractivity contribution in [1.82, 2.24) is 0 Å². The predicted molar refractivity (Wildman–Crippen MR) is 49.3 cm³/mol. The highest BCUT2D eigenvalue weighted by atomic mass is 16.4. The molecule has 1 fully saturated rings. The SMILES string of the molecule is CC1CCC(CC(=O)[O-])(CC(=O)[O-])CC1. The molecule has 4 nitrogen and oxygen atoms in total. The highest BCUT2D eigenvalue weighted by molar-refractivity contribution is 5.69. The molecule has 86 valence electrons. The van der Waals surface area contributed by atoms with E-state index in [1.54, 1.807) is 0 Å². The second-order valence-corrected chi connectivity index (χ2v) is 4.78. The molecular formula is C11H16O4-2. The summed E-state index contributed by atoms with van der Waals surface area (Å²) in [5.41, 5.74) is -0.621. The standard InChI is InChI=1S/C11H18O4/c1-8-2-4-11(5-3-8,6-9(12)13)7-10(14)15/h8H,2-7H2,1H3,(H,12,13)(H,14,15)/p-2. The van der Waals surface area contributed by atoms with Crippen LogP contribution >= 0.6 is 0 Å². The molecule has 0 bridgehead atoms. The normalized spacial score (nSPS) is 21.1. The van der Waals surface area contributed by atoms with Crippen molar-refractivity contribution in [3.63, 3.8) is 0 Å². The molecule has 0 aliphatic heterocycles. The van der Waals surface area contributed by atoms with Gasteiger partial charge in [-0.3, -0.25) is 0 Å². The number of carboxylic acids is 2. The Hall–Kier alpha value is -1.06. The van der Waals surface area contributed by atoms with Gasteiger partial charge >= 0.3 is 0 Å². The molecule has 0 atom stereocenters. The smallest absolute Gasteiger partial charge is 0.0419 e. The maximum atomic E-state index is 10.6. The fourth-order valence-electron chi connectivity index (χ4n) is 2.40. The number of carbonyl (C=O) groups is 2. The Morgan fingerprint density at radius 3 is 1.87 bits per heavy atom. The minimum absolute atomic E-state index is 0.159. The largest absolute Gasteiger partial charge is 0.550 e. The molecule has 4 heteroatoms. The van der Waals surface area contributed by atoms with Crippen LogP contribution in [0.2, 0.25) is 0 Å². The second kappa shape index (κ2) is 4.64. The van der Waals surface area contributed by atoms with Crippen molar-refractivity contribution >= 4 is 11.9 Å². The van der Waals surface area contributed by atoms with Crippen molar-refractivity contribution in [2.24, 2.45) is 11.3 Å². The van der Waals surface area contributed by atoms with Crippen LogP contribution in [0.1, 0.15) is 45.4 Å². The van der Waals surface area contributed by atoms with Crippen LogP contribution in [0.4, 0.5) is 0 Å². The maximum absolute atomic E-state index is 10.6. The van der Waals surface area contributed by atoms with E-state index < -0.39 is 17.4 Å².